The second-order valence-electron chi connectivity index (χ2n) is 7.04. The fourth-order valence-corrected chi connectivity index (χ4v) is 3.03. The van der Waals surface area contributed by atoms with Crippen LogP contribution in [0.5, 0.6) is 0 Å². The van der Waals surface area contributed by atoms with Crippen LogP contribution in [0, 0.1) is 0 Å². The SMILES string of the molecule is CCC(N(C(N)=O)N(C(=O)c1ccc(C(C)C)cc1)C(CC)C(F)(F)F)C(F)(F)F. The summed E-state index contributed by atoms with van der Waals surface area (Å²) in [6.07, 6.45) is -11.8. The quantitative estimate of drug-likeness (QED) is 0.485. The molecule has 3 amide bonds. The number of halogens is 6. The van der Waals surface area contributed by atoms with Gasteiger partial charge in [-0.2, -0.15) is 26.3 Å². The first-order chi connectivity index (χ1) is 13.7. The van der Waals surface area contributed by atoms with E-state index in [1.165, 1.54) is 24.3 Å². The van der Waals surface area contributed by atoms with Crippen molar-refractivity contribution in [2.24, 2.45) is 5.73 Å². The van der Waals surface area contributed by atoms with Gasteiger partial charge >= 0.3 is 18.4 Å². The van der Waals surface area contributed by atoms with Gasteiger partial charge in [-0.25, -0.2) is 14.8 Å². The van der Waals surface area contributed by atoms with Crippen LogP contribution in [0.3, 0.4) is 0 Å². The van der Waals surface area contributed by atoms with Gasteiger partial charge in [0.1, 0.15) is 6.04 Å². The van der Waals surface area contributed by atoms with Crippen molar-refractivity contribution in [1.82, 2.24) is 10.0 Å². The zero-order valence-corrected chi connectivity index (χ0v) is 17.0. The fourth-order valence-electron chi connectivity index (χ4n) is 3.03. The molecule has 0 aromatic heterocycles. The number of amides is 3. The monoisotopic (exact) mass is 441 g/mol. The van der Waals surface area contributed by atoms with E-state index in [-0.39, 0.29) is 21.5 Å². The van der Waals surface area contributed by atoms with Crippen LogP contribution >= 0.6 is 0 Å². The van der Waals surface area contributed by atoms with E-state index in [2.05, 4.69) is 0 Å². The molecule has 1 rings (SSSR count). The third-order valence-corrected chi connectivity index (χ3v) is 4.61. The first-order valence-electron chi connectivity index (χ1n) is 9.32. The number of primary amides is 1. The number of nitrogens with zero attached hydrogens (tertiary/aromatic N) is 2. The largest absolute Gasteiger partial charge is 0.410 e. The molecule has 0 bridgehead atoms. The topological polar surface area (TPSA) is 66.6 Å². The van der Waals surface area contributed by atoms with Crippen LogP contribution in [0.25, 0.3) is 0 Å². The molecule has 0 aliphatic heterocycles. The molecule has 30 heavy (non-hydrogen) atoms. The van der Waals surface area contributed by atoms with Crippen molar-refractivity contribution in [2.45, 2.75) is 70.9 Å². The third kappa shape index (κ3) is 5.79. The number of carbonyl (C=O) groups excluding carboxylic acids is 2. The van der Waals surface area contributed by atoms with Gasteiger partial charge in [0.15, 0.2) is 6.04 Å². The maximum Gasteiger partial charge on any atom is 0.410 e. The predicted molar refractivity (Wildman–Crippen MR) is 98.4 cm³/mol. The van der Waals surface area contributed by atoms with Gasteiger partial charge in [-0.3, -0.25) is 4.79 Å². The highest BCUT2D eigenvalue weighted by atomic mass is 19.4. The summed E-state index contributed by atoms with van der Waals surface area (Å²) in [7, 11) is 0. The lowest BCUT2D eigenvalue weighted by Crippen LogP contribution is -2.65. The Balaban J connectivity index is 3.64. The van der Waals surface area contributed by atoms with Crippen molar-refractivity contribution >= 4 is 11.9 Å². The molecule has 0 aliphatic carbocycles. The molecule has 2 N–H and O–H groups in total. The van der Waals surface area contributed by atoms with Gasteiger partial charge in [0, 0.05) is 5.56 Å². The molecule has 0 saturated carbocycles. The summed E-state index contributed by atoms with van der Waals surface area (Å²) in [4.78, 5) is 24.9. The molecule has 11 heteroatoms. The Kier molecular flexibility index (Phi) is 8.16. The first kappa shape index (κ1) is 25.6. The maximum atomic E-state index is 13.7. The van der Waals surface area contributed by atoms with Crippen LogP contribution in [0.1, 0.15) is 62.4 Å². The first-order valence-corrected chi connectivity index (χ1v) is 9.32. The predicted octanol–water partition coefficient (Wildman–Crippen LogP) is 5.23. The number of hydrazine groups is 1. The average Bonchev–Trinajstić information content (AvgIpc) is 2.61. The highest BCUT2D eigenvalue weighted by molar-refractivity contribution is 5.95. The summed E-state index contributed by atoms with van der Waals surface area (Å²) in [6.45, 7) is 5.78. The van der Waals surface area contributed by atoms with E-state index in [4.69, 9.17) is 5.73 Å². The number of carbonyl (C=O) groups is 2. The number of nitrogens with two attached hydrogens (primary N) is 1. The summed E-state index contributed by atoms with van der Waals surface area (Å²) in [5.74, 6) is -1.35. The van der Waals surface area contributed by atoms with E-state index in [0.717, 1.165) is 19.4 Å². The van der Waals surface area contributed by atoms with Gasteiger partial charge in [0.25, 0.3) is 5.91 Å². The summed E-state index contributed by atoms with van der Waals surface area (Å²) < 4.78 is 81.4. The van der Waals surface area contributed by atoms with Gasteiger partial charge in [0.05, 0.1) is 0 Å². The van der Waals surface area contributed by atoms with Crippen LogP contribution in [0.4, 0.5) is 31.1 Å². The molecule has 0 spiro atoms. The molecule has 2 atom stereocenters. The molecule has 1 aromatic rings. The fraction of sp³-hybridized carbons (Fsp3) is 0.579. The lowest BCUT2D eigenvalue weighted by atomic mass is 10.0. The van der Waals surface area contributed by atoms with E-state index in [0.29, 0.717) is 0 Å². The van der Waals surface area contributed by atoms with Crippen molar-refractivity contribution in [1.29, 1.82) is 0 Å². The Labute approximate surface area is 170 Å². The lowest BCUT2D eigenvalue weighted by molar-refractivity contribution is -0.239. The summed E-state index contributed by atoms with van der Waals surface area (Å²) in [5, 5.41) is -0.519. The van der Waals surface area contributed by atoms with Crippen molar-refractivity contribution in [3.8, 4) is 0 Å². The van der Waals surface area contributed by atoms with Crippen LogP contribution in [-0.2, 0) is 0 Å². The number of alkyl halides is 6. The number of rotatable bonds is 6. The Morgan fingerprint density at radius 1 is 0.867 bits per heavy atom. The van der Waals surface area contributed by atoms with Crippen LogP contribution in [0.15, 0.2) is 24.3 Å². The zero-order chi connectivity index (χ0) is 23.4. The number of urea groups is 1. The number of hydrogen-bond acceptors (Lipinski definition) is 2. The Bertz CT molecular complexity index is 731. The summed E-state index contributed by atoms with van der Waals surface area (Å²) in [5.41, 5.74) is 5.52. The molecule has 0 radical (unpaired) electrons. The van der Waals surface area contributed by atoms with Gasteiger partial charge in [0.2, 0.25) is 0 Å². The summed E-state index contributed by atoms with van der Waals surface area (Å²) in [6, 6.07) is -1.80. The van der Waals surface area contributed by atoms with Crippen molar-refractivity contribution in [3.63, 3.8) is 0 Å². The van der Waals surface area contributed by atoms with E-state index < -0.39 is 49.2 Å². The minimum Gasteiger partial charge on any atom is -0.350 e. The van der Waals surface area contributed by atoms with Crippen molar-refractivity contribution in [2.75, 3.05) is 0 Å². The van der Waals surface area contributed by atoms with Crippen LogP contribution < -0.4 is 5.73 Å². The Morgan fingerprint density at radius 3 is 1.57 bits per heavy atom. The third-order valence-electron chi connectivity index (χ3n) is 4.61. The van der Waals surface area contributed by atoms with E-state index in [1.807, 2.05) is 13.8 Å². The summed E-state index contributed by atoms with van der Waals surface area (Å²) >= 11 is 0. The number of hydrogen-bond donors (Lipinski definition) is 1. The van der Waals surface area contributed by atoms with Crippen molar-refractivity contribution < 1.29 is 35.9 Å². The molecule has 0 saturated heterocycles. The highest BCUT2D eigenvalue weighted by Gasteiger charge is 2.53. The standard InChI is InChI=1S/C19H25F6N3O2/c1-5-14(18(20,21)22)27(28(17(26)30)15(6-2)19(23,24)25)16(29)13-9-7-12(8-10-13)11(3)4/h7-11,14-15H,5-6H2,1-4H3,(H2,26,30). The molecular formula is C19H25F6N3O2. The van der Waals surface area contributed by atoms with Crippen LogP contribution in [0.2, 0.25) is 0 Å². The molecule has 5 nitrogen and oxygen atoms in total. The Morgan fingerprint density at radius 2 is 1.27 bits per heavy atom. The number of benzene rings is 1. The van der Waals surface area contributed by atoms with Gasteiger partial charge in [-0.1, -0.05) is 39.8 Å². The smallest absolute Gasteiger partial charge is 0.350 e. The minimum absolute atomic E-state index is 0.0561. The van der Waals surface area contributed by atoms with E-state index in [1.54, 1.807) is 0 Å². The van der Waals surface area contributed by atoms with Gasteiger partial charge in [-0.15, -0.1) is 0 Å². The minimum atomic E-state index is -5.10. The van der Waals surface area contributed by atoms with Gasteiger partial charge in [-0.05, 0) is 36.5 Å². The highest BCUT2D eigenvalue weighted by Crippen LogP contribution is 2.35. The lowest BCUT2D eigenvalue weighted by Gasteiger charge is -2.43. The maximum absolute atomic E-state index is 13.7. The molecule has 170 valence electrons. The molecule has 0 aliphatic rings. The molecular weight excluding hydrogens is 416 g/mol. The zero-order valence-electron chi connectivity index (χ0n) is 17.0. The van der Waals surface area contributed by atoms with E-state index in [9.17, 15) is 35.9 Å². The second kappa shape index (κ2) is 9.57. The Hall–Kier alpha value is -2.46. The second-order valence-corrected chi connectivity index (χ2v) is 7.04. The molecule has 0 fully saturated rings. The molecule has 2 unspecified atom stereocenters. The van der Waals surface area contributed by atoms with Gasteiger partial charge < -0.3 is 5.73 Å². The van der Waals surface area contributed by atoms with Crippen LogP contribution in [-0.4, -0.2) is 46.4 Å². The molecule has 1 aromatic carbocycles. The molecule has 0 heterocycles. The average molecular weight is 441 g/mol. The normalized spacial score (nSPS) is 14.4. The van der Waals surface area contributed by atoms with Crippen molar-refractivity contribution in [3.05, 3.63) is 35.4 Å². The van der Waals surface area contributed by atoms with E-state index >= 15 is 0 Å².